The number of piperidine rings is 1. The summed E-state index contributed by atoms with van der Waals surface area (Å²) in [6, 6.07) is 6.20. The Bertz CT molecular complexity index is 538. The summed E-state index contributed by atoms with van der Waals surface area (Å²) in [5.74, 6) is 0. The number of hydrogen-bond acceptors (Lipinski definition) is 4. The van der Waals surface area contributed by atoms with Gasteiger partial charge in [0.15, 0.2) is 0 Å². The lowest BCUT2D eigenvalue weighted by Gasteiger charge is -2.32. The van der Waals surface area contributed by atoms with Crippen LogP contribution in [0.5, 0.6) is 0 Å². The molecule has 2 N–H and O–H groups in total. The van der Waals surface area contributed by atoms with Crippen molar-refractivity contribution in [2.75, 3.05) is 23.7 Å². The largest absolute Gasteiger partial charge is 0.494 e. The smallest absolute Gasteiger partial charge is 0.399 e. The monoisotopic (exact) mass is 302 g/mol. The molecule has 2 aliphatic heterocycles. The highest BCUT2D eigenvalue weighted by atomic mass is 16.7. The van der Waals surface area contributed by atoms with Crippen molar-refractivity contribution in [3.63, 3.8) is 0 Å². The van der Waals surface area contributed by atoms with Crippen LogP contribution < -0.4 is 16.1 Å². The number of rotatable bonds is 2. The molecule has 0 saturated carbocycles. The van der Waals surface area contributed by atoms with E-state index >= 15 is 0 Å². The van der Waals surface area contributed by atoms with Gasteiger partial charge in [-0.2, -0.15) is 0 Å². The summed E-state index contributed by atoms with van der Waals surface area (Å²) in [6.07, 6.45) is 3.82. The highest BCUT2D eigenvalue weighted by Gasteiger charge is 2.51. The predicted molar refractivity (Wildman–Crippen MR) is 92.6 cm³/mol. The molecule has 0 radical (unpaired) electrons. The number of nitrogens with zero attached hydrogens (tertiary/aromatic N) is 1. The molecule has 1 aromatic rings. The Morgan fingerprint density at radius 3 is 2.14 bits per heavy atom. The summed E-state index contributed by atoms with van der Waals surface area (Å²) in [4.78, 5) is 2.38. The Balaban J connectivity index is 1.81. The molecule has 120 valence electrons. The van der Waals surface area contributed by atoms with E-state index in [0.717, 1.165) is 29.9 Å². The van der Waals surface area contributed by atoms with Crippen molar-refractivity contribution >= 4 is 24.0 Å². The Kier molecular flexibility index (Phi) is 3.90. The molecule has 1 aromatic carbocycles. The summed E-state index contributed by atoms with van der Waals surface area (Å²) in [6.45, 7) is 10.5. The molecule has 2 saturated heterocycles. The van der Waals surface area contributed by atoms with Gasteiger partial charge >= 0.3 is 7.12 Å². The van der Waals surface area contributed by atoms with Crippen LogP contribution in [0.2, 0.25) is 0 Å². The number of anilines is 2. The minimum Gasteiger partial charge on any atom is -0.399 e. The molecule has 0 aromatic heterocycles. The third-order valence-electron chi connectivity index (χ3n) is 5.27. The fourth-order valence-electron chi connectivity index (χ4n) is 3.12. The summed E-state index contributed by atoms with van der Waals surface area (Å²) >= 11 is 0. The van der Waals surface area contributed by atoms with Gasteiger partial charge in [0.05, 0.1) is 22.6 Å². The molecular weight excluding hydrogens is 275 g/mol. The molecule has 3 rings (SSSR count). The van der Waals surface area contributed by atoms with Crippen LogP contribution in [0.3, 0.4) is 0 Å². The summed E-state index contributed by atoms with van der Waals surface area (Å²) in [5, 5.41) is 0. The molecule has 0 aliphatic carbocycles. The van der Waals surface area contributed by atoms with Crippen LogP contribution >= 0.6 is 0 Å². The van der Waals surface area contributed by atoms with E-state index in [2.05, 4.69) is 44.7 Å². The molecule has 0 unspecified atom stereocenters. The Hall–Kier alpha value is -1.20. The van der Waals surface area contributed by atoms with Crippen LogP contribution in [0.25, 0.3) is 0 Å². The van der Waals surface area contributed by atoms with Gasteiger partial charge in [0.2, 0.25) is 0 Å². The van der Waals surface area contributed by atoms with E-state index in [0.29, 0.717) is 0 Å². The van der Waals surface area contributed by atoms with Gasteiger partial charge in [0, 0.05) is 13.1 Å². The van der Waals surface area contributed by atoms with Crippen molar-refractivity contribution in [1.29, 1.82) is 0 Å². The first-order chi connectivity index (χ1) is 10.3. The molecule has 4 nitrogen and oxygen atoms in total. The van der Waals surface area contributed by atoms with Gasteiger partial charge in [-0.15, -0.1) is 0 Å². The normalized spacial score (nSPS) is 23.8. The maximum atomic E-state index is 6.30. The maximum Gasteiger partial charge on any atom is 0.494 e. The fourth-order valence-corrected chi connectivity index (χ4v) is 3.12. The summed E-state index contributed by atoms with van der Waals surface area (Å²) in [5.41, 5.74) is 8.61. The maximum absolute atomic E-state index is 6.30. The Morgan fingerprint density at radius 1 is 1.00 bits per heavy atom. The van der Waals surface area contributed by atoms with Crippen molar-refractivity contribution < 1.29 is 9.31 Å². The highest BCUT2D eigenvalue weighted by Crippen LogP contribution is 2.37. The Morgan fingerprint density at radius 2 is 1.59 bits per heavy atom. The molecule has 2 fully saturated rings. The van der Waals surface area contributed by atoms with E-state index in [1.54, 1.807) is 0 Å². The second-order valence-corrected chi connectivity index (χ2v) is 7.45. The van der Waals surface area contributed by atoms with E-state index < -0.39 is 0 Å². The van der Waals surface area contributed by atoms with E-state index in [4.69, 9.17) is 15.0 Å². The lowest BCUT2D eigenvalue weighted by Crippen LogP contribution is -2.41. The van der Waals surface area contributed by atoms with Gasteiger partial charge in [-0.25, -0.2) is 0 Å². The van der Waals surface area contributed by atoms with Gasteiger partial charge in [0.25, 0.3) is 0 Å². The van der Waals surface area contributed by atoms with Crippen molar-refractivity contribution in [1.82, 2.24) is 0 Å². The zero-order valence-corrected chi connectivity index (χ0v) is 14.2. The van der Waals surface area contributed by atoms with Crippen molar-refractivity contribution in [2.45, 2.75) is 58.2 Å². The average Bonchev–Trinajstić information content (AvgIpc) is 2.68. The zero-order valence-electron chi connectivity index (χ0n) is 14.2. The minimum absolute atomic E-state index is 0.321. The molecule has 0 bridgehead atoms. The van der Waals surface area contributed by atoms with Crippen LogP contribution in [0, 0.1) is 0 Å². The first kappa shape index (κ1) is 15.7. The summed E-state index contributed by atoms with van der Waals surface area (Å²) in [7, 11) is -0.345. The molecule has 0 atom stereocenters. The average molecular weight is 302 g/mol. The van der Waals surface area contributed by atoms with Gasteiger partial charge in [-0.05, 0) is 64.6 Å². The quantitative estimate of drug-likeness (QED) is 0.674. The van der Waals surface area contributed by atoms with Crippen molar-refractivity contribution in [2.24, 2.45) is 0 Å². The summed E-state index contributed by atoms with van der Waals surface area (Å²) < 4.78 is 12.2. The molecule has 2 aliphatic rings. The molecule has 22 heavy (non-hydrogen) atoms. The van der Waals surface area contributed by atoms with Crippen molar-refractivity contribution in [3.8, 4) is 0 Å². The first-order valence-corrected chi connectivity index (χ1v) is 8.30. The van der Waals surface area contributed by atoms with E-state index in [9.17, 15) is 0 Å². The predicted octanol–water partition coefficient (Wildman–Crippen LogP) is 2.56. The van der Waals surface area contributed by atoms with E-state index in [1.165, 1.54) is 19.3 Å². The second-order valence-electron chi connectivity index (χ2n) is 7.45. The fraction of sp³-hybridized carbons (Fsp3) is 0.647. The zero-order chi connectivity index (χ0) is 16.0. The topological polar surface area (TPSA) is 47.7 Å². The van der Waals surface area contributed by atoms with Gasteiger partial charge in [-0.1, -0.05) is 6.07 Å². The number of hydrogen-bond donors (Lipinski definition) is 1. The lowest BCUT2D eigenvalue weighted by molar-refractivity contribution is 0.00578. The van der Waals surface area contributed by atoms with Crippen LogP contribution in [0.4, 0.5) is 11.4 Å². The lowest BCUT2D eigenvalue weighted by atomic mass is 9.78. The highest BCUT2D eigenvalue weighted by molar-refractivity contribution is 6.62. The molecular formula is C17H27BN2O2. The number of nitrogens with two attached hydrogens (primary N) is 1. The second kappa shape index (κ2) is 5.46. The van der Waals surface area contributed by atoms with E-state index in [1.807, 2.05) is 6.07 Å². The van der Waals surface area contributed by atoms with Gasteiger partial charge in [0.1, 0.15) is 0 Å². The molecule has 5 heteroatoms. The van der Waals surface area contributed by atoms with Crippen LogP contribution in [-0.2, 0) is 9.31 Å². The third-order valence-corrected chi connectivity index (χ3v) is 5.27. The molecule has 0 amide bonds. The molecule has 2 heterocycles. The number of nitrogen functional groups attached to an aromatic ring is 1. The van der Waals surface area contributed by atoms with E-state index in [-0.39, 0.29) is 18.3 Å². The SMILES string of the molecule is CC1(C)OB(c2ccc(N3CCCCC3)c(N)c2)OC1(C)C. The first-order valence-electron chi connectivity index (χ1n) is 8.30. The molecule has 0 spiro atoms. The van der Waals surface area contributed by atoms with Crippen LogP contribution in [0.15, 0.2) is 18.2 Å². The number of benzene rings is 1. The Labute approximate surface area is 134 Å². The van der Waals surface area contributed by atoms with Gasteiger partial charge in [-0.3, -0.25) is 0 Å². The minimum atomic E-state index is -0.345. The van der Waals surface area contributed by atoms with Crippen LogP contribution in [-0.4, -0.2) is 31.4 Å². The van der Waals surface area contributed by atoms with Crippen LogP contribution in [0.1, 0.15) is 47.0 Å². The van der Waals surface area contributed by atoms with Crippen molar-refractivity contribution in [3.05, 3.63) is 18.2 Å². The van der Waals surface area contributed by atoms with Gasteiger partial charge < -0.3 is 19.9 Å². The standard InChI is InChI=1S/C17H27BN2O2/c1-16(2)17(3,4)22-18(21-16)13-8-9-15(14(19)12-13)20-10-6-5-7-11-20/h8-9,12H,5-7,10-11,19H2,1-4H3. The third kappa shape index (κ3) is 2.72.